The summed E-state index contributed by atoms with van der Waals surface area (Å²) in [6.07, 6.45) is 2.66. The molecule has 3 aromatic carbocycles. The first-order valence-corrected chi connectivity index (χ1v) is 17.2. The standard InChI is InChI=1S/C39H51N3O9/c1-8-48-35(43)17-10-9-13-23-50-34-25-27(2)18-21-31(34)42(6)37(45)28-19-20-30(33(26-28)47-7)41-36(44)29-15-11-12-16-32(29)49-24-14-22-40-38(46)51-39(3,4)5/h11-12,15-16,18-21,25-26H,8-10,13-14,17,22-24H2,1-7H3,(H,40,46)(H,41,44). The highest BCUT2D eigenvalue weighted by molar-refractivity contribution is 6.09. The molecule has 3 aromatic rings. The van der Waals surface area contributed by atoms with E-state index in [1.807, 2.05) is 25.1 Å². The van der Waals surface area contributed by atoms with Crippen LogP contribution in [0.1, 0.15) is 86.1 Å². The highest BCUT2D eigenvalue weighted by atomic mass is 16.6. The van der Waals surface area contributed by atoms with Crippen molar-refractivity contribution in [3.05, 3.63) is 77.4 Å². The van der Waals surface area contributed by atoms with E-state index in [2.05, 4.69) is 10.6 Å². The Labute approximate surface area is 300 Å². The minimum atomic E-state index is -0.585. The molecular weight excluding hydrogens is 654 g/mol. The van der Waals surface area contributed by atoms with Crippen LogP contribution >= 0.6 is 0 Å². The van der Waals surface area contributed by atoms with E-state index in [0.717, 1.165) is 24.8 Å². The summed E-state index contributed by atoms with van der Waals surface area (Å²) in [5.41, 5.74) is 2.04. The van der Waals surface area contributed by atoms with Gasteiger partial charge in [-0.2, -0.15) is 0 Å². The summed E-state index contributed by atoms with van der Waals surface area (Å²) in [6.45, 7) is 10.5. The third-order valence-corrected chi connectivity index (χ3v) is 7.44. The minimum Gasteiger partial charge on any atom is -0.495 e. The molecule has 0 fully saturated rings. The average molecular weight is 706 g/mol. The lowest BCUT2D eigenvalue weighted by Crippen LogP contribution is -2.33. The van der Waals surface area contributed by atoms with Crippen molar-refractivity contribution < 1.29 is 42.9 Å². The first-order chi connectivity index (χ1) is 24.3. The van der Waals surface area contributed by atoms with E-state index in [9.17, 15) is 19.2 Å². The summed E-state index contributed by atoms with van der Waals surface area (Å²) in [4.78, 5) is 52.0. The molecule has 0 spiro atoms. The fraction of sp³-hybridized carbons (Fsp3) is 0.436. The monoisotopic (exact) mass is 705 g/mol. The lowest BCUT2D eigenvalue weighted by molar-refractivity contribution is -0.143. The number of amides is 3. The van der Waals surface area contributed by atoms with Crippen LogP contribution in [0.5, 0.6) is 17.2 Å². The van der Waals surface area contributed by atoms with Gasteiger partial charge in [0.05, 0.1) is 43.9 Å². The number of para-hydroxylation sites is 1. The summed E-state index contributed by atoms with van der Waals surface area (Å²) in [5, 5.41) is 5.54. The molecule has 12 nitrogen and oxygen atoms in total. The number of nitrogens with zero attached hydrogens (tertiary/aromatic N) is 1. The molecule has 0 aliphatic carbocycles. The highest BCUT2D eigenvalue weighted by Gasteiger charge is 2.21. The van der Waals surface area contributed by atoms with Crippen LogP contribution in [0.25, 0.3) is 0 Å². The normalized spacial score (nSPS) is 10.9. The smallest absolute Gasteiger partial charge is 0.407 e. The lowest BCUT2D eigenvalue weighted by Gasteiger charge is -2.22. The maximum atomic E-state index is 13.7. The number of carbonyl (C=O) groups is 4. The number of ether oxygens (including phenoxy) is 5. The van der Waals surface area contributed by atoms with Gasteiger partial charge < -0.3 is 39.2 Å². The number of unbranched alkanes of at least 4 members (excludes halogenated alkanes) is 2. The fourth-order valence-corrected chi connectivity index (χ4v) is 4.94. The third-order valence-electron chi connectivity index (χ3n) is 7.44. The zero-order valence-corrected chi connectivity index (χ0v) is 30.8. The summed E-state index contributed by atoms with van der Waals surface area (Å²) in [7, 11) is 3.13. The number of benzene rings is 3. The first kappa shape index (κ1) is 40.2. The second-order valence-electron chi connectivity index (χ2n) is 12.8. The average Bonchev–Trinajstić information content (AvgIpc) is 3.08. The van der Waals surface area contributed by atoms with Crippen LogP contribution in [0, 0.1) is 6.92 Å². The molecule has 51 heavy (non-hydrogen) atoms. The van der Waals surface area contributed by atoms with Crippen molar-refractivity contribution in [1.29, 1.82) is 0 Å². The Kier molecular flexibility index (Phi) is 15.6. The van der Waals surface area contributed by atoms with Gasteiger partial charge >= 0.3 is 12.1 Å². The van der Waals surface area contributed by atoms with E-state index >= 15 is 0 Å². The molecule has 0 atom stereocenters. The predicted octanol–water partition coefficient (Wildman–Crippen LogP) is 7.33. The number of nitrogens with one attached hydrogen (secondary N) is 2. The van der Waals surface area contributed by atoms with Crippen LogP contribution in [-0.2, 0) is 14.3 Å². The van der Waals surface area contributed by atoms with E-state index in [0.29, 0.717) is 72.4 Å². The van der Waals surface area contributed by atoms with Gasteiger partial charge in [-0.15, -0.1) is 0 Å². The van der Waals surface area contributed by atoms with Crippen molar-refractivity contribution in [3.63, 3.8) is 0 Å². The van der Waals surface area contributed by atoms with Crippen LogP contribution in [0.4, 0.5) is 16.2 Å². The molecule has 3 amide bonds. The van der Waals surface area contributed by atoms with Crippen molar-refractivity contribution in [2.24, 2.45) is 0 Å². The molecule has 3 rings (SSSR count). The van der Waals surface area contributed by atoms with Gasteiger partial charge in [-0.05, 0) is 108 Å². The predicted molar refractivity (Wildman–Crippen MR) is 196 cm³/mol. The number of hydrogen-bond acceptors (Lipinski definition) is 9. The van der Waals surface area contributed by atoms with Crippen LogP contribution in [0.3, 0.4) is 0 Å². The Morgan fingerprint density at radius 2 is 1.55 bits per heavy atom. The molecule has 0 aliphatic heterocycles. The lowest BCUT2D eigenvalue weighted by atomic mass is 10.1. The van der Waals surface area contributed by atoms with Crippen LogP contribution in [-0.4, -0.2) is 70.0 Å². The number of carbonyl (C=O) groups excluding carboxylic acids is 4. The largest absolute Gasteiger partial charge is 0.495 e. The van der Waals surface area contributed by atoms with E-state index in [1.165, 1.54) is 12.0 Å². The number of anilines is 2. The van der Waals surface area contributed by atoms with Crippen LogP contribution < -0.4 is 29.7 Å². The van der Waals surface area contributed by atoms with E-state index in [-0.39, 0.29) is 18.5 Å². The topological polar surface area (TPSA) is 142 Å². The summed E-state index contributed by atoms with van der Waals surface area (Å²) in [6, 6.07) is 17.3. The highest BCUT2D eigenvalue weighted by Crippen LogP contribution is 2.32. The second kappa shape index (κ2) is 19.8. The summed E-state index contributed by atoms with van der Waals surface area (Å²) >= 11 is 0. The molecule has 12 heteroatoms. The van der Waals surface area contributed by atoms with E-state index < -0.39 is 17.6 Å². The molecule has 2 N–H and O–H groups in total. The third kappa shape index (κ3) is 13.2. The van der Waals surface area contributed by atoms with Gasteiger partial charge in [-0.1, -0.05) is 18.2 Å². The van der Waals surface area contributed by atoms with Gasteiger partial charge in [-0.3, -0.25) is 14.4 Å². The number of aryl methyl sites for hydroxylation is 1. The SMILES string of the molecule is CCOC(=O)CCCCCOc1cc(C)ccc1N(C)C(=O)c1ccc(NC(=O)c2ccccc2OCCCNC(=O)OC(C)(C)C)c(OC)c1. The number of alkyl carbamates (subject to hydrolysis) is 1. The van der Waals surface area contributed by atoms with Gasteiger partial charge in [0, 0.05) is 25.6 Å². The maximum Gasteiger partial charge on any atom is 0.407 e. The van der Waals surface area contributed by atoms with Gasteiger partial charge in [-0.25, -0.2) is 4.79 Å². The van der Waals surface area contributed by atoms with E-state index in [4.69, 9.17) is 23.7 Å². The Hall–Kier alpha value is -5.26. The zero-order chi connectivity index (χ0) is 37.4. The van der Waals surface area contributed by atoms with Gasteiger partial charge in [0.15, 0.2) is 0 Å². The molecule has 0 unspecified atom stereocenters. The molecule has 276 valence electrons. The number of hydrogen-bond donors (Lipinski definition) is 2. The Balaban J connectivity index is 1.62. The van der Waals surface area contributed by atoms with Crippen LogP contribution in [0.15, 0.2) is 60.7 Å². The second-order valence-corrected chi connectivity index (χ2v) is 12.8. The van der Waals surface area contributed by atoms with Gasteiger partial charge in [0.25, 0.3) is 11.8 Å². The number of methoxy groups -OCH3 is 1. The van der Waals surface area contributed by atoms with Gasteiger partial charge in [0.1, 0.15) is 22.8 Å². The van der Waals surface area contributed by atoms with Crippen molar-refractivity contribution in [3.8, 4) is 17.2 Å². The van der Waals surface area contributed by atoms with Crippen molar-refractivity contribution >= 4 is 35.3 Å². The van der Waals surface area contributed by atoms with E-state index in [1.54, 1.807) is 77.2 Å². The first-order valence-electron chi connectivity index (χ1n) is 17.2. The summed E-state index contributed by atoms with van der Waals surface area (Å²) < 4.78 is 27.7. The fourth-order valence-electron chi connectivity index (χ4n) is 4.94. The molecule has 0 saturated carbocycles. The number of rotatable bonds is 18. The molecule has 0 heterocycles. The molecule has 0 radical (unpaired) electrons. The summed E-state index contributed by atoms with van der Waals surface area (Å²) in [5.74, 6) is 0.349. The maximum absolute atomic E-state index is 13.7. The van der Waals surface area contributed by atoms with Crippen molar-refractivity contribution in [1.82, 2.24) is 5.32 Å². The minimum absolute atomic E-state index is 0.193. The Bertz CT molecular complexity index is 1630. The molecule has 0 saturated heterocycles. The molecule has 0 bridgehead atoms. The quantitative estimate of drug-likeness (QED) is 0.103. The van der Waals surface area contributed by atoms with Crippen molar-refractivity contribution in [2.75, 3.05) is 50.7 Å². The Morgan fingerprint density at radius 3 is 2.27 bits per heavy atom. The number of esters is 1. The Morgan fingerprint density at radius 1 is 0.824 bits per heavy atom. The van der Waals surface area contributed by atoms with Gasteiger partial charge in [0.2, 0.25) is 0 Å². The van der Waals surface area contributed by atoms with Crippen LogP contribution in [0.2, 0.25) is 0 Å². The van der Waals surface area contributed by atoms with Crippen molar-refractivity contribution in [2.45, 2.75) is 72.3 Å². The molecule has 0 aromatic heterocycles. The molecular formula is C39H51N3O9. The molecule has 0 aliphatic rings. The zero-order valence-electron chi connectivity index (χ0n) is 30.8.